The summed E-state index contributed by atoms with van der Waals surface area (Å²) in [5.41, 5.74) is 2.41. The molecule has 1 N–H and O–H groups in total. The van der Waals surface area contributed by atoms with E-state index >= 15 is 0 Å². The number of pyridine rings is 1. The molecule has 1 saturated heterocycles. The number of hydrogen-bond donors (Lipinski definition) is 1. The minimum absolute atomic E-state index is 0.488. The monoisotopic (exact) mass is 277 g/mol. The van der Waals surface area contributed by atoms with Gasteiger partial charge >= 0.3 is 0 Å². The highest BCUT2D eigenvalue weighted by molar-refractivity contribution is 5.47. The fourth-order valence-electron chi connectivity index (χ4n) is 2.74. The molecule has 0 radical (unpaired) electrons. The number of hydrogen-bond acceptors (Lipinski definition) is 4. The van der Waals surface area contributed by atoms with Gasteiger partial charge in [0.25, 0.3) is 0 Å². The maximum absolute atomic E-state index is 5.31. The van der Waals surface area contributed by atoms with E-state index in [1.54, 1.807) is 7.11 Å². The first-order valence-electron chi connectivity index (χ1n) is 7.61. The summed E-state index contributed by atoms with van der Waals surface area (Å²) in [7, 11) is 1.79. The van der Waals surface area contributed by atoms with Crippen LogP contribution in [0.3, 0.4) is 0 Å². The van der Waals surface area contributed by atoms with Gasteiger partial charge in [-0.2, -0.15) is 0 Å². The maximum atomic E-state index is 5.31. The van der Waals surface area contributed by atoms with Crippen LogP contribution in [-0.4, -0.2) is 37.8 Å². The lowest BCUT2D eigenvalue weighted by Gasteiger charge is -2.34. The molecule has 1 aliphatic heterocycles. The third-order valence-corrected chi connectivity index (χ3v) is 3.78. The van der Waals surface area contributed by atoms with E-state index in [0.717, 1.165) is 31.9 Å². The smallest absolute Gasteiger partial charge is 0.0562 e. The first-order chi connectivity index (χ1) is 9.69. The van der Waals surface area contributed by atoms with Crippen LogP contribution in [-0.2, 0) is 11.3 Å². The summed E-state index contributed by atoms with van der Waals surface area (Å²) in [5.74, 6) is 0.652. The Morgan fingerprint density at radius 3 is 3.10 bits per heavy atom. The van der Waals surface area contributed by atoms with E-state index in [2.05, 4.69) is 41.2 Å². The number of piperidine rings is 1. The second-order valence-corrected chi connectivity index (χ2v) is 5.95. The Kier molecular flexibility index (Phi) is 5.80. The van der Waals surface area contributed by atoms with Crippen molar-refractivity contribution in [2.75, 3.05) is 31.7 Å². The second-order valence-electron chi connectivity index (χ2n) is 5.95. The highest BCUT2D eigenvalue weighted by Crippen LogP contribution is 2.23. The Bertz CT molecular complexity index is 406. The normalized spacial score (nSPS) is 19.6. The summed E-state index contributed by atoms with van der Waals surface area (Å²) in [5, 5.41) is 3.42. The van der Waals surface area contributed by atoms with Gasteiger partial charge in [-0.3, -0.25) is 4.98 Å². The van der Waals surface area contributed by atoms with Crippen molar-refractivity contribution < 1.29 is 4.74 Å². The Labute approximate surface area is 122 Å². The van der Waals surface area contributed by atoms with Crippen molar-refractivity contribution in [2.24, 2.45) is 5.92 Å². The molecule has 2 heterocycles. The Morgan fingerprint density at radius 2 is 2.35 bits per heavy atom. The van der Waals surface area contributed by atoms with Crippen LogP contribution in [0.1, 0.15) is 32.4 Å². The molecule has 0 amide bonds. The summed E-state index contributed by atoms with van der Waals surface area (Å²) in [6, 6.07) is 4.82. The summed E-state index contributed by atoms with van der Waals surface area (Å²) >= 11 is 0. The average Bonchev–Trinajstić information content (AvgIpc) is 2.46. The zero-order valence-electron chi connectivity index (χ0n) is 12.9. The lowest BCUT2D eigenvalue weighted by molar-refractivity contribution is 0.143. The van der Waals surface area contributed by atoms with Crippen LogP contribution in [0, 0.1) is 5.92 Å². The molecule has 4 nitrogen and oxygen atoms in total. The van der Waals surface area contributed by atoms with Gasteiger partial charge in [0.15, 0.2) is 0 Å². The topological polar surface area (TPSA) is 37.4 Å². The van der Waals surface area contributed by atoms with Crippen molar-refractivity contribution in [1.29, 1.82) is 0 Å². The number of nitrogens with one attached hydrogen (secondary N) is 1. The van der Waals surface area contributed by atoms with Gasteiger partial charge in [0.1, 0.15) is 0 Å². The summed E-state index contributed by atoms with van der Waals surface area (Å²) in [6.45, 7) is 8.24. The van der Waals surface area contributed by atoms with Crippen LogP contribution in [0.2, 0.25) is 0 Å². The maximum Gasteiger partial charge on any atom is 0.0562 e. The van der Waals surface area contributed by atoms with E-state index in [1.165, 1.54) is 18.5 Å². The first kappa shape index (κ1) is 15.3. The molecular formula is C16H27N3O. The molecule has 1 fully saturated rings. The van der Waals surface area contributed by atoms with Gasteiger partial charge in [-0.25, -0.2) is 0 Å². The van der Waals surface area contributed by atoms with Gasteiger partial charge in [-0.1, -0.05) is 13.8 Å². The molecule has 4 heteroatoms. The molecule has 112 valence electrons. The van der Waals surface area contributed by atoms with E-state index in [0.29, 0.717) is 12.0 Å². The fraction of sp³-hybridized carbons (Fsp3) is 0.688. The highest BCUT2D eigenvalue weighted by atomic mass is 16.5. The van der Waals surface area contributed by atoms with Crippen LogP contribution in [0.25, 0.3) is 0 Å². The van der Waals surface area contributed by atoms with Crippen molar-refractivity contribution in [3.63, 3.8) is 0 Å². The molecule has 1 atom stereocenters. The Balaban J connectivity index is 1.98. The average molecular weight is 277 g/mol. The van der Waals surface area contributed by atoms with E-state index < -0.39 is 0 Å². The zero-order chi connectivity index (χ0) is 14.4. The van der Waals surface area contributed by atoms with Gasteiger partial charge in [0.05, 0.1) is 12.3 Å². The SMILES string of the molecule is COCC1CCCN(c2ccnc(CNC(C)C)c2)C1. The standard InChI is InChI=1S/C16H27N3O/c1-13(2)18-10-15-9-16(6-7-17-15)19-8-4-5-14(11-19)12-20-3/h6-7,9,13-14,18H,4-5,8,10-12H2,1-3H3. The summed E-state index contributed by atoms with van der Waals surface area (Å²) < 4.78 is 5.31. The van der Waals surface area contributed by atoms with Crippen LogP contribution < -0.4 is 10.2 Å². The lowest BCUT2D eigenvalue weighted by Crippen LogP contribution is -2.37. The number of anilines is 1. The summed E-state index contributed by atoms with van der Waals surface area (Å²) in [6.07, 6.45) is 4.44. The minimum atomic E-state index is 0.488. The van der Waals surface area contributed by atoms with Crippen molar-refractivity contribution in [3.05, 3.63) is 24.0 Å². The second kappa shape index (κ2) is 7.60. The molecular weight excluding hydrogens is 250 g/mol. The van der Waals surface area contributed by atoms with Crippen molar-refractivity contribution >= 4 is 5.69 Å². The fourth-order valence-corrected chi connectivity index (χ4v) is 2.74. The van der Waals surface area contributed by atoms with Crippen LogP contribution in [0.4, 0.5) is 5.69 Å². The minimum Gasteiger partial charge on any atom is -0.384 e. The quantitative estimate of drug-likeness (QED) is 0.866. The molecule has 20 heavy (non-hydrogen) atoms. The molecule has 1 unspecified atom stereocenters. The number of rotatable bonds is 6. The number of ether oxygens (including phenoxy) is 1. The Morgan fingerprint density at radius 1 is 1.50 bits per heavy atom. The third kappa shape index (κ3) is 4.46. The predicted octanol–water partition coefficient (Wildman–Crippen LogP) is 2.44. The summed E-state index contributed by atoms with van der Waals surface area (Å²) in [4.78, 5) is 6.91. The van der Waals surface area contributed by atoms with E-state index in [1.807, 2.05) is 6.20 Å². The van der Waals surface area contributed by atoms with Gasteiger partial charge in [-0.15, -0.1) is 0 Å². The van der Waals surface area contributed by atoms with E-state index in [9.17, 15) is 0 Å². The first-order valence-corrected chi connectivity index (χ1v) is 7.61. The third-order valence-electron chi connectivity index (χ3n) is 3.78. The largest absolute Gasteiger partial charge is 0.384 e. The van der Waals surface area contributed by atoms with Crippen LogP contribution >= 0.6 is 0 Å². The molecule has 1 aromatic heterocycles. The lowest BCUT2D eigenvalue weighted by atomic mass is 9.98. The molecule has 0 bridgehead atoms. The number of aromatic nitrogens is 1. The van der Waals surface area contributed by atoms with Gasteiger partial charge in [-0.05, 0) is 30.9 Å². The van der Waals surface area contributed by atoms with Crippen LogP contribution in [0.15, 0.2) is 18.3 Å². The molecule has 1 aromatic rings. The molecule has 0 spiro atoms. The number of nitrogens with zero attached hydrogens (tertiary/aromatic N) is 2. The zero-order valence-corrected chi connectivity index (χ0v) is 12.9. The van der Waals surface area contributed by atoms with Gasteiger partial charge in [0, 0.05) is 44.7 Å². The molecule has 2 rings (SSSR count). The van der Waals surface area contributed by atoms with E-state index in [4.69, 9.17) is 4.74 Å². The van der Waals surface area contributed by atoms with Crippen molar-refractivity contribution in [1.82, 2.24) is 10.3 Å². The Hall–Kier alpha value is -1.13. The molecule has 0 aliphatic carbocycles. The number of methoxy groups -OCH3 is 1. The van der Waals surface area contributed by atoms with Crippen molar-refractivity contribution in [2.45, 2.75) is 39.3 Å². The molecule has 0 saturated carbocycles. The van der Waals surface area contributed by atoms with E-state index in [-0.39, 0.29) is 0 Å². The van der Waals surface area contributed by atoms with Gasteiger partial charge < -0.3 is 15.0 Å². The molecule has 0 aromatic carbocycles. The van der Waals surface area contributed by atoms with Gasteiger partial charge in [0.2, 0.25) is 0 Å². The van der Waals surface area contributed by atoms with Crippen molar-refractivity contribution in [3.8, 4) is 0 Å². The highest BCUT2D eigenvalue weighted by Gasteiger charge is 2.20. The molecule has 1 aliphatic rings. The van der Waals surface area contributed by atoms with Crippen LogP contribution in [0.5, 0.6) is 0 Å². The predicted molar refractivity (Wildman–Crippen MR) is 83.0 cm³/mol.